The molecule has 1 aromatic rings. The maximum absolute atomic E-state index is 12.3. The van der Waals surface area contributed by atoms with Crippen molar-refractivity contribution in [2.75, 3.05) is 25.5 Å². The first-order chi connectivity index (χ1) is 8.61. The van der Waals surface area contributed by atoms with Crippen molar-refractivity contribution in [2.24, 2.45) is 11.8 Å². The molecule has 2 rings (SSSR count). The molecule has 1 aliphatic heterocycles. The van der Waals surface area contributed by atoms with Gasteiger partial charge in [0.2, 0.25) is 0 Å². The van der Waals surface area contributed by atoms with E-state index in [0.717, 1.165) is 19.5 Å². The van der Waals surface area contributed by atoms with Crippen LogP contribution < -0.4 is 5.32 Å². The summed E-state index contributed by atoms with van der Waals surface area (Å²) in [7, 11) is 1.78. The minimum Gasteiger partial charge on any atom is -0.372 e. The molecule has 5 heteroatoms. The van der Waals surface area contributed by atoms with Gasteiger partial charge in [0, 0.05) is 20.1 Å². The number of aromatic nitrogens is 2. The third kappa shape index (κ3) is 2.60. The van der Waals surface area contributed by atoms with Gasteiger partial charge in [-0.25, -0.2) is 0 Å². The van der Waals surface area contributed by atoms with Crippen LogP contribution in [-0.4, -0.2) is 41.1 Å². The summed E-state index contributed by atoms with van der Waals surface area (Å²) in [6.45, 7) is 6.07. The first-order valence-corrected chi connectivity index (χ1v) is 6.42. The Balaban J connectivity index is 2.06. The highest BCUT2D eigenvalue weighted by molar-refractivity contribution is 5.92. The Labute approximate surface area is 108 Å². The van der Waals surface area contributed by atoms with Crippen LogP contribution in [0.1, 0.15) is 30.8 Å². The normalized spacial score (nSPS) is 23.8. The third-order valence-electron chi connectivity index (χ3n) is 3.76. The van der Waals surface area contributed by atoms with E-state index in [1.807, 2.05) is 4.90 Å². The first kappa shape index (κ1) is 12.8. The second-order valence-corrected chi connectivity index (χ2v) is 5.05. The largest absolute Gasteiger partial charge is 0.372 e. The summed E-state index contributed by atoms with van der Waals surface area (Å²) in [6, 6.07) is 3.50. The zero-order chi connectivity index (χ0) is 13.1. The molecule has 0 aromatic carbocycles. The summed E-state index contributed by atoms with van der Waals surface area (Å²) in [5, 5.41) is 10.8. The molecule has 98 valence electrons. The van der Waals surface area contributed by atoms with Crippen molar-refractivity contribution in [1.82, 2.24) is 15.1 Å². The van der Waals surface area contributed by atoms with Gasteiger partial charge < -0.3 is 10.2 Å². The maximum atomic E-state index is 12.3. The molecule has 1 saturated heterocycles. The van der Waals surface area contributed by atoms with Gasteiger partial charge >= 0.3 is 0 Å². The lowest BCUT2D eigenvalue weighted by molar-refractivity contribution is 0.0620. The minimum atomic E-state index is -0.0103. The average Bonchev–Trinajstić information content (AvgIpc) is 2.41. The monoisotopic (exact) mass is 248 g/mol. The van der Waals surface area contributed by atoms with Crippen LogP contribution in [0.5, 0.6) is 0 Å². The molecule has 0 saturated carbocycles. The number of carbonyl (C=O) groups excluding carboxylic acids is 1. The summed E-state index contributed by atoms with van der Waals surface area (Å²) in [4.78, 5) is 14.1. The summed E-state index contributed by atoms with van der Waals surface area (Å²) < 4.78 is 0. The number of hydrogen-bond acceptors (Lipinski definition) is 4. The molecule has 5 nitrogen and oxygen atoms in total. The standard InChI is InChI=1S/C13H20N4O/c1-9-6-7-17(8-10(9)2)13(18)11-4-5-12(14-3)16-15-11/h4-5,9-10H,6-8H2,1-3H3,(H,14,16). The van der Waals surface area contributed by atoms with Crippen molar-refractivity contribution in [3.05, 3.63) is 17.8 Å². The molecule has 18 heavy (non-hydrogen) atoms. The van der Waals surface area contributed by atoms with Crippen molar-refractivity contribution in [3.63, 3.8) is 0 Å². The highest BCUT2D eigenvalue weighted by Crippen LogP contribution is 2.23. The van der Waals surface area contributed by atoms with Crippen LogP contribution in [-0.2, 0) is 0 Å². The number of nitrogens with one attached hydrogen (secondary N) is 1. The van der Waals surface area contributed by atoms with E-state index in [1.54, 1.807) is 19.2 Å². The number of carbonyl (C=O) groups is 1. The van der Waals surface area contributed by atoms with Gasteiger partial charge in [-0.2, -0.15) is 0 Å². The zero-order valence-electron chi connectivity index (χ0n) is 11.2. The summed E-state index contributed by atoms with van der Waals surface area (Å²) >= 11 is 0. The molecule has 1 aliphatic rings. The first-order valence-electron chi connectivity index (χ1n) is 6.42. The number of piperidine rings is 1. The highest BCUT2D eigenvalue weighted by atomic mass is 16.2. The van der Waals surface area contributed by atoms with Crippen LogP contribution >= 0.6 is 0 Å². The molecule has 0 bridgehead atoms. The van der Waals surface area contributed by atoms with Crippen LogP contribution in [0.4, 0.5) is 5.82 Å². The molecular weight excluding hydrogens is 228 g/mol. The Morgan fingerprint density at radius 1 is 1.33 bits per heavy atom. The lowest BCUT2D eigenvalue weighted by Gasteiger charge is -2.35. The molecule has 1 N–H and O–H groups in total. The highest BCUT2D eigenvalue weighted by Gasteiger charge is 2.27. The molecule has 2 unspecified atom stereocenters. The molecule has 1 fully saturated rings. The second-order valence-electron chi connectivity index (χ2n) is 5.05. The van der Waals surface area contributed by atoms with Gasteiger partial charge in [-0.15, -0.1) is 10.2 Å². The Morgan fingerprint density at radius 2 is 2.11 bits per heavy atom. The van der Waals surface area contributed by atoms with Gasteiger partial charge in [0.15, 0.2) is 5.69 Å². The number of rotatable bonds is 2. The average molecular weight is 248 g/mol. The number of amides is 1. The van der Waals surface area contributed by atoms with Gasteiger partial charge in [0.05, 0.1) is 0 Å². The number of hydrogen-bond donors (Lipinski definition) is 1. The molecule has 1 aromatic heterocycles. The van der Waals surface area contributed by atoms with Gasteiger partial charge in [-0.05, 0) is 30.4 Å². The van der Waals surface area contributed by atoms with E-state index in [2.05, 4.69) is 29.4 Å². The maximum Gasteiger partial charge on any atom is 0.274 e. The van der Waals surface area contributed by atoms with Crippen LogP contribution in [0.25, 0.3) is 0 Å². The van der Waals surface area contributed by atoms with Gasteiger partial charge in [-0.1, -0.05) is 13.8 Å². The number of likely N-dealkylation sites (tertiary alicyclic amines) is 1. The molecule has 2 heterocycles. The van der Waals surface area contributed by atoms with Crippen LogP contribution in [0.3, 0.4) is 0 Å². The van der Waals surface area contributed by atoms with Crippen LogP contribution in [0.15, 0.2) is 12.1 Å². The van der Waals surface area contributed by atoms with Crippen LogP contribution in [0, 0.1) is 11.8 Å². The SMILES string of the molecule is CNc1ccc(C(=O)N2CCC(C)C(C)C2)nn1. The Morgan fingerprint density at radius 3 is 2.67 bits per heavy atom. The van der Waals surface area contributed by atoms with Crippen LogP contribution in [0.2, 0.25) is 0 Å². The number of anilines is 1. The second kappa shape index (κ2) is 5.33. The van der Waals surface area contributed by atoms with E-state index in [0.29, 0.717) is 23.3 Å². The number of nitrogens with zero attached hydrogens (tertiary/aromatic N) is 3. The minimum absolute atomic E-state index is 0.0103. The zero-order valence-corrected chi connectivity index (χ0v) is 11.2. The lowest BCUT2D eigenvalue weighted by atomic mass is 9.88. The van der Waals surface area contributed by atoms with E-state index >= 15 is 0 Å². The van der Waals surface area contributed by atoms with Crippen molar-refractivity contribution in [3.8, 4) is 0 Å². The Bertz CT molecular complexity index is 418. The van der Waals surface area contributed by atoms with E-state index in [9.17, 15) is 4.79 Å². The predicted molar refractivity (Wildman–Crippen MR) is 70.4 cm³/mol. The summed E-state index contributed by atoms with van der Waals surface area (Å²) in [5.41, 5.74) is 0.427. The van der Waals surface area contributed by atoms with Crippen molar-refractivity contribution < 1.29 is 4.79 Å². The molecular formula is C13H20N4O. The fraction of sp³-hybridized carbons (Fsp3) is 0.615. The van der Waals surface area contributed by atoms with Gasteiger partial charge in [-0.3, -0.25) is 4.79 Å². The van der Waals surface area contributed by atoms with Crippen molar-refractivity contribution in [2.45, 2.75) is 20.3 Å². The fourth-order valence-corrected chi connectivity index (χ4v) is 2.19. The summed E-state index contributed by atoms with van der Waals surface area (Å²) in [6.07, 6.45) is 1.06. The molecule has 0 spiro atoms. The predicted octanol–water partition coefficient (Wildman–Crippen LogP) is 1.64. The van der Waals surface area contributed by atoms with E-state index < -0.39 is 0 Å². The molecule has 0 radical (unpaired) electrons. The van der Waals surface area contributed by atoms with Gasteiger partial charge in [0.1, 0.15) is 5.82 Å². The van der Waals surface area contributed by atoms with Crippen molar-refractivity contribution >= 4 is 11.7 Å². The lowest BCUT2D eigenvalue weighted by Crippen LogP contribution is -2.42. The van der Waals surface area contributed by atoms with E-state index in [4.69, 9.17) is 0 Å². The fourth-order valence-electron chi connectivity index (χ4n) is 2.19. The van der Waals surface area contributed by atoms with E-state index in [1.165, 1.54) is 0 Å². The molecule has 0 aliphatic carbocycles. The topological polar surface area (TPSA) is 58.1 Å². The van der Waals surface area contributed by atoms with E-state index in [-0.39, 0.29) is 5.91 Å². The summed E-state index contributed by atoms with van der Waals surface area (Å²) in [5.74, 6) is 1.90. The third-order valence-corrected chi connectivity index (χ3v) is 3.76. The Kier molecular flexibility index (Phi) is 3.79. The molecule has 2 atom stereocenters. The molecule has 1 amide bonds. The van der Waals surface area contributed by atoms with Gasteiger partial charge in [0.25, 0.3) is 5.91 Å². The quantitative estimate of drug-likeness (QED) is 0.864. The Hall–Kier alpha value is -1.65. The van der Waals surface area contributed by atoms with Crippen molar-refractivity contribution in [1.29, 1.82) is 0 Å². The smallest absolute Gasteiger partial charge is 0.274 e.